The molecule has 5 rings (SSSR count). The summed E-state index contributed by atoms with van der Waals surface area (Å²) in [6.07, 6.45) is 9.48. The Morgan fingerprint density at radius 3 is 2.34 bits per heavy atom. The first kappa shape index (κ1) is 32.4. The number of hydrogen-bond donors (Lipinski definition) is 4. The number of amides is 5. The zero-order valence-corrected chi connectivity index (χ0v) is 27.4. The molecule has 1 aromatic heterocycles. The third kappa shape index (κ3) is 6.79. The molecule has 5 atom stereocenters. The third-order valence-electron chi connectivity index (χ3n) is 10.5. The standard InChI is InChI=1S/C32H48N6O5S/c1-30(2,3)25(36-29(43)37-32(11-7-6-8-12-32)16-21-34-13-14-44-21)28(42)38-17-19-22(31(19,4)5)23(38)27(41)35-20(15-18-9-10-18)24(39)26(33)40/h13-14,18-20,22-23,25H,6-12,15-17H2,1-5H3,(H2,33,40)(H,35,41)(H2,36,37,43)/t19-,20?,22-,23-,25+/m0/s1. The number of nitrogens with one attached hydrogen (secondary N) is 3. The lowest BCUT2D eigenvalue weighted by Gasteiger charge is -2.40. The van der Waals surface area contributed by atoms with E-state index >= 15 is 0 Å². The van der Waals surface area contributed by atoms with Gasteiger partial charge in [0.25, 0.3) is 5.91 Å². The second-order valence-corrected chi connectivity index (χ2v) is 16.2. The quantitative estimate of drug-likeness (QED) is 0.275. The number of urea groups is 1. The Morgan fingerprint density at radius 2 is 1.77 bits per heavy atom. The molecule has 11 nitrogen and oxygen atoms in total. The summed E-state index contributed by atoms with van der Waals surface area (Å²) in [6, 6.07) is -3.11. The number of piperidine rings is 1. The number of primary amides is 1. The number of hydrogen-bond acceptors (Lipinski definition) is 7. The van der Waals surface area contributed by atoms with Crippen molar-refractivity contribution in [3.63, 3.8) is 0 Å². The molecule has 242 valence electrons. The first-order valence-electron chi connectivity index (χ1n) is 16.0. The Hall–Kier alpha value is -3.02. The number of rotatable bonds is 11. The zero-order valence-electron chi connectivity index (χ0n) is 26.6. The molecule has 44 heavy (non-hydrogen) atoms. The lowest BCUT2D eigenvalue weighted by Crippen LogP contribution is -2.63. The van der Waals surface area contributed by atoms with Crippen molar-refractivity contribution >= 4 is 40.9 Å². The number of fused-ring (bicyclic) bond motifs is 1. The Labute approximate surface area is 263 Å². The van der Waals surface area contributed by atoms with Crippen LogP contribution in [0.5, 0.6) is 0 Å². The predicted molar refractivity (Wildman–Crippen MR) is 166 cm³/mol. The summed E-state index contributed by atoms with van der Waals surface area (Å²) >= 11 is 1.57. The Balaban J connectivity index is 1.33. The lowest BCUT2D eigenvalue weighted by molar-refractivity contribution is -0.145. The molecule has 0 spiro atoms. The first-order valence-corrected chi connectivity index (χ1v) is 16.9. The monoisotopic (exact) mass is 628 g/mol. The fraction of sp³-hybridized carbons (Fsp3) is 0.750. The number of carbonyl (C=O) groups is 5. The average Bonchev–Trinajstić information content (AvgIpc) is 3.66. The average molecular weight is 629 g/mol. The molecule has 4 aliphatic rings. The van der Waals surface area contributed by atoms with Crippen molar-refractivity contribution in [1.29, 1.82) is 0 Å². The van der Waals surface area contributed by atoms with Gasteiger partial charge < -0.3 is 26.6 Å². The maximum Gasteiger partial charge on any atom is 0.315 e. The van der Waals surface area contributed by atoms with Gasteiger partial charge in [0, 0.05) is 30.1 Å². The largest absolute Gasteiger partial charge is 0.363 e. The fourth-order valence-electron chi connectivity index (χ4n) is 7.59. The van der Waals surface area contributed by atoms with Crippen LogP contribution in [0.1, 0.15) is 91.0 Å². The van der Waals surface area contributed by atoms with E-state index in [4.69, 9.17) is 5.73 Å². The molecule has 0 aromatic carbocycles. The number of thiazole rings is 1. The summed E-state index contributed by atoms with van der Waals surface area (Å²) in [5.74, 6) is -2.36. The highest BCUT2D eigenvalue weighted by Gasteiger charge is 2.70. The van der Waals surface area contributed by atoms with Crippen LogP contribution in [-0.4, -0.2) is 69.6 Å². The van der Waals surface area contributed by atoms with Gasteiger partial charge >= 0.3 is 6.03 Å². The molecule has 1 saturated heterocycles. The minimum atomic E-state index is -1.08. The summed E-state index contributed by atoms with van der Waals surface area (Å²) < 4.78 is 0. The van der Waals surface area contributed by atoms with Crippen LogP contribution in [-0.2, 0) is 25.6 Å². The smallest absolute Gasteiger partial charge is 0.315 e. The van der Waals surface area contributed by atoms with Crippen LogP contribution in [0, 0.1) is 28.6 Å². The van der Waals surface area contributed by atoms with Gasteiger partial charge in [0.1, 0.15) is 12.1 Å². The molecule has 2 heterocycles. The molecule has 5 amide bonds. The van der Waals surface area contributed by atoms with Crippen molar-refractivity contribution in [3.8, 4) is 0 Å². The van der Waals surface area contributed by atoms with Gasteiger partial charge in [0.15, 0.2) is 0 Å². The van der Waals surface area contributed by atoms with E-state index in [9.17, 15) is 24.0 Å². The van der Waals surface area contributed by atoms with Crippen LogP contribution in [0.4, 0.5) is 4.79 Å². The summed E-state index contributed by atoms with van der Waals surface area (Å²) in [5, 5.41) is 11.9. The highest BCUT2D eigenvalue weighted by molar-refractivity contribution is 7.09. The molecule has 3 saturated carbocycles. The second kappa shape index (κ2) is 12.1. The van der Waals surface area contributed by atoms with Crippen molar-refractivity contribution in [3.05, 3.63) is 16.6 Å². The minimum Gasteiger partial charge on any atom is -0.363 e. The maximum absolute atomic E-state index is 14.3. The van der Waals surface area contributed by atoms with Crippen LogP contribution in [0.3, 0.4) is 0 Å². The molecule has 0 bridgehead atoms. The minimum absolute atomic E-state index is 0.0880. The number of likely N-dealkylation sites (tertiary alicyclic amines) is 1. The van der Waals surface area contributed by atoms with E-state index in [0.29, 0.717) is 19.4 Å². The number of nitrogens with zero attached hydrogens (tertiary/aromatic N) is 2. The number of nitrogens with two attached hydrogens (primary N) is 1. The normalized spacial score (nSPS) is 26.6. The number of Topliss-reactive ketones (excluding diaryl/α,β-unsaturated/α-hetero) is 1. The van der Waals surface area contributed by atoms with Crippen molar-refractivity contribution < 1.29 is 24.0 Å². The van der Waals surface area contributed by atoms with Crippen LogP contribution >= 0.6 is 11.3 Å². The van der Waals surface area contributed by atoms with Gasteiger partial charge in [-0.3, -0.25) is 19.2 Å². The Morgan fingerprint density at radius 1 is 1.09 bits per heavy atom. The highest BCUT2D eigenvalue weighted by Crippen LogP contribution is 2.65. The summed E-state index contributed by atoms with van der Waals surface area (Å²) in [5.41, 5.74) is 4.08. The van der Waals surface area contributed by atoms with Crippen molar-refractivity contribution in [2.24, 2.45) is 34.3 Å². The van der Waals surface area contributed by atoms with Crippen LogP contribution in [0.25, 0.3) is 0 Å². The van der Waals surface area contributed by atoms with E-state index in [1.165, 1.54) is 0 Å². The lowest BCUT2D eigenvalue weighted by atomic mass is 9.79. The molecule has 5 N–H and O–H groups in total. The highest BCUT2D eigenvalue weighted by atomic mass is 32.1. The summed E-state index contributed by atoms with van der Waals surface area (Å²) in [7, 11) is 0. The van der Waals surface area contributed by atoms with Gasteiger partial charge in [-0.05, 0) is 47.8 Å². The SMILES string of the molecule is CC(C)(C)[C@H](NC(=O)NC1(Cc2nccs2)CCCCC1)C(=O)N1C[C@H]2[C@@H]([C@H]1C(=O)NC(CC1CC1)C(=O)C(N)=O)C2(C)C. The van der Waals surface area contributed by atoms with Gasteiger partial charge in [-0.15, -0.1) is 11.3 Å². The molecule has 12 heteroatoms. The van der Waals surface area contributed by atoms with Gasteiger partial charge in [-0.1, -0.05) is 66.7 Å². The fourth-order valence-corrected chi connectivity index (χ4v) is 8.35. The van der Waals surface area contributed by atoms with Gasteiger partial charge in [0.2, 0.25) is 17.6 Å². The van der Waals surface area contributed by atoms with Gasteiger partial charge in [0.05, 0.1) is 11.0 Å². The molecular weight excluding hydrogens is 580 g/mol. The molecule has 0 radical (unpaired) electrons. The topological polar surface area (TPSA) is 164 Å². The first-order chi connectivity index (χ1) is 20.6. The number of ketones is 1. The van der Waals surface area contributed by atoms with E-state index in [0.717, 1.165) is 50.0 Å². The molecule has 4 fully saturated rings. The van der Waals surface area contributed by atoms with Crippen molar-refractivity contribution in [1.82, 2.24) is 25.8 Å². The van der Waals surface area contributed by atoms with E-state index < -0.39 is 52.7 Å². The summed E-state index contributed by atoms with van der Waals surface area (Å²) in [4.78, 5) is 72.2. The van der Waals surface area contributed by atoms with E-state index in [2.05, 4.69) is 34.8 Å². The van der Waals surface area contributed by atoms with Crippen molar-refractivity contribution in [2.75, 3.05) is 6.54 Å². The number of aromatic nitrogens is 1. The Bertz CT molecular complexity index is 1280. The molecule has 1 aromatic rings. The van der Waals surface area contributed by atoms with Gasteiger partial charge in [-0.2, -0.15) is 0 Å². The third-order valence-corrected chi connectivity index (χ3v) is 11.2. The molecule has 1 aliphatic heterocycles. The van der Waals surface area contributed by atoms with Crippen LogP contribution < -0.4 is 21.7 Å². The Kier molecular flexibility index (Phi) is 8.87. The predicted octanol–water partition coefficient (Wildman–Crippen LogP) is 2.92. The summed E-state index contributed by atoms with van der Waals surface area (Å²) in [6.45, 7) is 10.2. The number of carbonyl (C=O) groups excluding carboxylic acids is 5. The van der Waals surface area contributed by atoms with Crippen molar-refractivity contribution in [2.45, 2.75) is 116 Å². The van der Waals surface area contributed by atoms with E-state index in [-0.39, 0.29) is 29.1 Å². The molecular formula is C32H48N6O5S. The van der Waals surface area contributed by atoms with Crippen LogP contribution in [0.2, 0.25) is 0 Å². The second-order valence-electron chi connectivity index (χ2n) is 15.2. The molecule has 1 unspecified atom stereocenters. The maximum atomic E-state index is 14.3. The van der Waals surface area contributed by atoms with E-state index in [1.54, 1.807) is 22.4 Å². The zero-order chi connectivity index (χ0) is 32.0. The van der Waals surface area contributed by atoms with Gasteiger partial charge in [-0.25, -0.2) is 9.78 Å². The molecule has 3 aliphatic carbocycles. The van der Waals surface area contributed by atoms with E-state index in [1.807, 2.05) is 26.2 Å². The van der Waals surface area contributed by atoms with Crippen LogP contribution in [0.15, 0.2) is 11.6 Å².